The number of aromatic hydroxyl groups is 1. The van der Waals surface area contributed by atoms with Gasteiger partial charge in [-0.1, -0.05) is 35.3 Å². The highest BCUT2D eigenvalue weighted by atomic mass is 79.9. The van der Waals surface area contributed by atoms with Crippen LogP contribution in [0.5, 0.6) is 5.75 Å². The number of hydrazone groups is 1. The van der Waals surface area contributed by atoms with Gasteiger partial charge in [0.05, 0.1) is 47.2 Å². The van der Waals surface area contributed by atoms with E-state index in [0.29, 0.717) is 64.1 Å². The number of morpholine rings is 1. The molecule has 3 aromatic rings. The van der Waals surface area contributed by atoms with Crippen LogP contribution in [-0.4, -0.2) is 37.6 Å². The van der Waals surface area contributed by atoms with Crippen LogP contribution in [0.4, 0.5) is 27.1 Å². The van der Waals surface area contributed by atoms with Crippen LogP contribution < -0.4 is 15.6 Å². The zero-order valence-corrected chi connectivity index (χ0v) is 21.3. The molecule has 6 nitrogen and oxygen atoms in total. The van der Waals surface area contributed by atoms with Crippen LogP contribution in [0, 0.1) is 12.7 Å². The summed E-state index contributed by atoms with van der Waals surface area (Å²) in [6.07, 6.45) is 1.44. The van der Waals surface area contributed by atoms with E-state index in [9.17, 15) is 9.50 Å². The van der Waals surface area contributed by atoms with Crippen molar-refractivity contribution in [3.05, 3.63) is 73.9 Å². The van der Waals surface area contributed by atoms with Crippen LogP contribution in [0.3, 0.4) is 0 Å². The normalized spacial score (nSPS) is 14.0. The van der Waals surface area contributed by atoms with Crippen molar-refractivity contribution < 1.29 is 14.2 Å². The summed E-state index contributed by atoms with van der Waals surface area (Å²) in [5, 5.41) is 18.7. The molecule has 178 valence electrons. The lowest BCUT2D eigenvalue weighted by atomic mass is 10.1. The molecule has 1 fully saturated rings. The molecule has 1 heterocycles. The standard InChI is InChI=1S/C24H22BrCl2FN4O2/c1-14-3-2-4-18(26)22(14)30-23-17(25)11-15(24(33)21(23)27)13-29-31-16-5-6-19(28)20(12-16)32-7-9-34-10-8-32/h2-6,11-13,30-31,33H,7-10H2,1H3/b29-13-. The Bertz CT molecular complexity index is 1220. The Morgan fingerprint density at radius 1 is 1.15 bits per heavy atom. The van der Waals surface area contributed by atoms with Gasteiger partial charge in [0.1, 0.15) is 16.6 Å². The SMILES string of the molecule is Cc1cccc(Cl)c1Nc1c(Br)cc(/C=N\Nc2ccc(F)c(N3CCOCC3)c2)c(O)c1Cl. The molecule has 0 radical (unpaired) electrons. The van der Waals surface area contributed by atoms with Gasteiger partial charge < -0.3 is 20.1 Å². The largest absolute Gasteiger partial charge is 0.506 e. The fraction of sp³-hybridized carbons (Fsp3) is 0.208. The number of hydrogen-bond acceptors (Lipinski definition) is 6. The number of hydrogen-bond donors (Lipinski definition) is 3. The first-order valence-electron chi connectivity index (χ1n) is 10.5. The quantitative estimate of drug-likeness (QED) is 0.222. The predicted molar refractivity (Wildman–Crippen MR) is 141 cm³/mol. The number of benzene rings is 3. The summed E-state index contributed by atoms with van der Waals surface area (Å²) in [7, 11) is 0. The Balaban J connectivity index is 1.53. The summed E-state index contributed by atoms with van der Waals surface area (Å²) < 4.78 is 20.3. The van der Waals surface area contributed by atoms with Crippen LogP contribution in [0.2, 0.25) is 10.0 Å². The molecule has 10 heteroatoms. The van der Waals surface area contributed by atoms with Gasteiger partial charge in [0.25, 0.3) is 0 Å². The van der Waals surface area contributed by atoms with Gasteiger partial charge in [0.15, 0.2) is 0 Å². The summed E-state index contributed by atoms with van der Waals surface area (Å²) in [6, 6.07) is 11.9. The molecule has 0 aliphatic carbocycles. The van der Waals surface area contributed by atoms with E-state index in [4.69, 9.17) is 27.9 Å². The van der Waals surface area contributed by atoms with E-state index in [1.807, 2.05) is 24.0 Å². The molecule has 34 heavy (non-hydrogen) atoms. The molecule has 0 bridgehead atoms. The van der Waals surface area contributed by atoms with Crippen LogP contribution in [0.15, 0.2) is 52.0 Å². The van der Waals surface area contributed by atoms with Crippen LogP contribution in [-0.2, 0) is 4.74 Å². The Kier molecular flexibility index (Phi) is 7.83. The summed E-state index contributed by atoms with van der Waals surface area (Å²) in [5.74, 6) is -0.447. The maximum Gasteiger partial charge on any atom is 0.146 e. The Morgan fingerprint density at radius 3 is 2.65 bits per heavy atom. The molecule has 1 saturated heterocycles. The molecule has 1 aliphatic heterocycles. The van der Waals surface area contributed by atoms with Gasteiger partial charge in [-0.05, 0) is 58.7 Å². The summed E-state index contributed by atoms with van der Waals surface area (Å²) in [5.41, 5.74) is 6.47. The van der Waals surface area contributed by atoms with Gasteiger partial charge in [0.2, 0.25) is 0 Å². The highest BCUT2D eigenvalue weighted by Gasteiger charge is 2.17. The molecule has 3 aromatic carbocycles. The highest BCUT2D eigenvalue weighted by Crippen LogP contribution is 2.42. The number of ether oxygens (including phenoxy) is 1. The average molecular weight is 568 g/mol. The first-order valence-corrected chi connectivity index (χ1v) is 12.0. The van der Waals surface area contributed by atoms with Crippen LogP contribution in [0.25, 0.3) is 0 Å². The Morgan fingerprint density at radius 2 is 1.91 bits per heavy atom. The molecular formula is C24H22BrCl2FN4O2. The molecular weight excluding hydrogens is 546 g/mol. The van der Waals surface area contributed by atoms with E-state index in [1.165, 1.54) is 12.3 Å². The molecule has 0 unspecified atom stereocenters. The minimum Gasteiger partial charge on any atom is -0.506 e. The van der Waals surface area contributed by atoms with Crippen molar-refractivity contribution >= 4 is 68.1 Å². The van der Waals surface area contributed by atoms with Gasteiger partial charge in [-0.25, -0.2) is 4.39 Å². The van der Waals surface area contributed by atoms with E-state index in [1.54, 1.807) is 24.3 Å². The summed E-state index contributed by atoms with van der Waals surface area (Å²) in [4.78, 5) is 1.93. The van der Waals surface area contributed by atoms with Crippen molar-refractivity contribution in [1.29, 1.82) is 0 Å². The van der Waals surface area contributed by atoms with Crippen molar-refractivity contribution in [1.82, 2.24) is 0 Å². The third-order valence-corrected chi connectivity index (χ3v) is 6.70. The number of para-hydroxylation sites is 1. The zero-order valence-electron chi connectivity index (χ0n) is 18.2. The van der Waals surface area contributed by atoms with E-state index >= 15 is 0 Å². The molecule has 1 aliphatic rings. The number of halogens is 4. The molecule has 0 spiro atoms. The third kappa shape index (κ3) is 5.41. The lowest BCUT2D eigenvalue weighted by Crippen LogP contribution is -2.36. The van der Waals surface area contributed by atoms with E-state index in [-0.39, 0.29) is 16.6 Å². The van der Waals surface area contributed by atoms with Crippen molar-refractivity contribution in [2.45, 2.75) is 6.92 Å². The molecule has 0 amide bonds. The van der Waals surface area contributed by atoms with E-state index < -0.39 is 0 Å². The van der Waals surface area contributed by atoms with Crippen molar-refractivity contribution in [3.8, 4) is 5.75 Å². The molecule has 0 atom stereocenters. The maximum absolute atomic E-state index is 14.3. The first-order chi connectivity index (χ1) is 16.3. The Labute approximate surface area is 215 Å². The van der Waals surface area contributed by atoms with Crippen molar-refractivity contribution in [2.75, 3.05) is 41.9 Å². The average Bonchev–Trinajstić information content (AvgIpc) is 2.83. The number of rotatable bonds is 6. The summed E-state index contributed by atoms with van der Waals surface area (Å²) in [6.45, 7) is 4.29. The lowest BCUT2D eigenvalue weighted by molar-refractivity contribution is 0.122. The Hall–Kier alpha value is -2.52. The number of nitrogens with zero attached hydrogens (tertiary/aromatic N) is 2. The van der Waals surface area contributed by atoms with Gasteiger partial charge in [-0.3, -0.25) is 5.43 Å². The number of anilines is 4. The number of nitrogens with one attached hydrogen (secondary N) is 2. The molecule has 0 aromatic heterocycles. The first kappa shape index (κ1) is 24.6. The predicted octanol–water partition coefficient (Wildman–Crippen LogP) is 6.94. The van der Waals surface area contributed by atoms with Crippen LogP contribution >= 0.6 is 39.1 Å². The zero-order chi connectivity index (χ0) is 24.2. The second kappa shape index (κ2) is 10.8. The topological polar surface area (TPSA) is 69.1 Å². The molecule has 3 N–H and O–H groups in total. The number of aryl methyl sites for hydroxylation is 1. The minimum absolute atomic E-state index is 0.117. The highest BCUT2D eigenvalue weighted by molar-refractivity contribution is 9.10. The van der Waals surface area contributed by atoms with E-state index in [2.05, 4.69) is 31.8 Å². The number of phenolic OH excluding ortho intramolecular Hbond substituents is 1. The van der Waals surface area contributed by atoms with Crippen LogP contribution in [0.1, 0.15) is 11.1 Å². The van der Waals surface area contributed by atoms with Gasteiger partial charge in [-0.15, -0.1) is 0 Å². The lowest BCUT2D eigenvalue weighted by Gasteiger charge is -2.29. The second-order valence-electron chi connectivity index (χ2n) is 7.68. The monoisotopic (exact) mass is 566 g/mol. The van der Waals surface area contributed by atoms with Gasteiger partial charge in [-0.2, -0.15) is 5.10 Å². The maximum atomic E-state index is 14.3. The van der Waals surface area contributed by atoms with Gasteiger partial charge in [0, 0.05) is 23.1 Å². The minimum atomic E-state index is -0.304. The molecule has 4 rings (SSSR count). The fourth-order valence-electron chi connectivity index (χ4n) is 3.56. The number of phenols is 1. The van der Waals surface area contributed by atoms with Crippen molar-refractivity contribution in [2.24, 2.45) is 5.10 Å². The van der Waals surface area contributed by atoms with E-state index in [0.717, 1.165) is 5.56 Å². The van der Waals surface area contributed by atoms with Gasteiger partial charge >= 0.3 is 0 Å². The smallest absolute Gasteiger partial charge is 0.146 e. The van der Waals surface area contributed by atoms with Crippen molar-refractivity contribution in [3.63, 3.8) is 0 Å². The summed E-state index contributed by atoms with van der Waals surface area (Å²) >= 11 is 16.3. The third-order valence-electron chi connectivity index (χ3n) is 5.39. The molecule has 0 saturated carbocycles. The fourth-order valence-corrected chi connectivity index (χ4v) is 4.75. The second-order valence-corrected chi connectivity index (χ2v) is 9.32.